The zero-order chi connectivity index (χ0) is 10.8. The molecule has 0 N–H and O–H groups in total. The molecule has 0 aromatic carbocycles. The van der Waals surface area contributed by atoms with E-state index in [1.807, 2.05) is 0 Å². The van der Waals surface area contributed by atoms with Gasteiger partial charge in [-0.25, -0.2) is 0 Å². The van der Waals surface area contributed by atoms with Crippen LogP contribution in [0.15, 0.2) is 0 Å². The van der Waals surface area contributed by atoms with Gasteiger partial charge in [-0.2, -0.15) is 0 Å². The van der Waals surface area contributed by atoms with Gasteiger partial charge in [0.1, 0.15) is 5.78 Å². The average Bonchev–Trinajstić information content (AvgIpc) is 2.89. The lowest BCUT2D eigenvalue weighted by molar-refractivity contribution is -0.128. The van der Waals surface area contributed by atoms with E-state index in [0.717, 1.165) is 11.8 Å². The minimum atomic E-state index is 0.415. The molecule has 3 aliphatic rings. The van der Waals surface area contributed by atoms with Crippen molar-refractivity contribution in [3.8, 4) is 0 Å². The minimum Gasteiger partial charge on any atom is -0.299 e. The molecule has 4 unspecified atom stereocenters. The first kappa shape index (κ1) is 9.86. The Bertz CT molecular complexity index is 300. The van der Waals surface area contributed by atoms with E-state index in [9.17, 15) is 4.79 Å². The zero-order valence-corrected chi connectivity index (χ0v) is 10.1. The Morgan fingerprint density at radius 1 is 1.20 bits per heavy atom. The van der Waals surface area contributed by atoms with E-state index in [2.05, 4.69) is 20.8 Å². The fraction of sp³-hybridized carbons (Fsp3) is 0.929. The Kier molecular flexibility index (Phi) is 1.88. The summed E-state index contributed by atoms with van der Waals surface area (Å²) >= 11 is 0. The van der Waals surface area contributed by atoms with Crippen LogP contribution < -0.4 is 0 Å². The first-order valence-electron chi connectivity index (χ1n) is 6.55. The van der Waals surface area contributed by atoms with Crippen LogP contribution in [0, 0.1) is 35.0 Å². The summed E-state index contributed by atoms with van der Waals surface area (Å²) in [5.41, 5.74) is 0.415. The van der Waals surface area contributed by atoms with Gasteiger partial charge in [-0.05, 0) is 48.9 Å². The van der Waals surface area contributed by atoms with Gasteiger partial charge < -0.3 is 0 Å². The molecule has 3 aliphatic carbocycles. The van der Waals surface area contributed by atoms with Crippen LogP contribution in [0.2, 0.25) is 0 Å². The Morgan fingerprint density at radius 3 is 2.33 bits per heavy atom. The molecule has 1 nitrogen and oxygen atoms in total. The Morgan fingerprint density at radius 2 is 1.87 bits per heavy atom. The molecule has 2 bridgehead atoms. The third-order valence-electron chi connectivity index (χ3n) is 5.78. The number of Topliss-reactive ketones (excluding diaryl/α,β-unsaturated/α-hetero) is 1. The van der Waals surface area contributed by atoms with E-state index >= 15 is 0 Å². The van der Waals surface area contributed by atoms with Crippen LogP contribution in [-0.4, -0.2) is 5.78 Å². The first-order chi connectivity index (χ1) is 7.01. The van der Waals surface area contributed by atoms with Crippen molar-refractivity contribution in [2.75, 3.05) is 0 Å². The lowest BCUT2D eigenvalue weighted by Gasteiger charge is -2.40. The summed E-state index contributed by atoms with van der Waals surface area (Å²) in [7, 11) is 0. The van der Waals surface area contributed by atoms with Crippen molar-refractivity contribution in [1.82, 2.24) is 0 Å². The second kappa shape index (κ2) is 2.87. The maximum atomic E-state index is 12.2. The van der Waals surface area contributed by atoms with E-state index in [1.165, 1.54) is 25.7 Å². The van der Waals surface area contributed by atoms with Crippen LogP contribution in [-0.2, 0) is 4.79 Å². The number of hydrogen-bond donors (Lipinski definition) is 0. The Labute approximate surface area is 92.6 Å². The highest BCUT2D eigenvalue weighted by molar-refractivity contribution is 5.86. The van der Waals surface area contributed by atoms with Crippen molar-refractivity contribution < 1.29 is 4.79 Å². The molecule has 0 aromatic heterocycles. The van der Waals surface area contributed by atoms with Crippen molar-refractivity contribution in [1.29, 1.82) is 0 Å². The van der Waals surface area contributed by atoms with Crippen molar-refractivity contribution >= 4 is 5.78 Å². The molecule has 4 atom stereocenters. The van der Waals surface area contributed by atoms with Gasteiger partial charge in [0.25, 0.3) is 0 Å². The quantitative estimate of drug-likeness (QED) is 0.677. The molecule has 84 valence electrons. The third kappa shape index (κ3) is 1.24. The van der Waals surface area contributed by atoms with Crippen molar-refractivity contribution in [2.24, 2.45) is 35.0 Å². The van der Waals surface area contributed by atoms with E-state index in [0.29, 0.717) is 29.0 Å². The molecule has 0 aromatic rings. The highest BCUT2D eigenvalue weighted by atomic mass is 16.1. The molecule has 1 heteroatoms. The fourth-order valence-corrected chi connectivity index (χ4v) is 4.24. The molecule has 15 heavy (non-hydrogen) atoms. The lowest BCUT2D eigenvalue weighted by Crippen LogP contribution is -2.37. The SMILES string of the molecule is CC1C2CC(C(=O)C3CC3)C(C2)C1(C)C. The predicted octanol–water partition coefficient (Wildman–Crippen LogP) is 3.28. The fourth-order valence-electron chi connectivity index (χ4n) is 4.24. The molecule has 0 amide bonds. The first-order valence-corrected chi connectivity index (χ1v) is 6.55. The summed E-state index contributed by atoms with van der Waals surface area (Å²) in [6.45, 7) is 7.16. The number of hydrogen-bond acceptors (Lipinski definition) is 1. The van der Waals surface area contributed by atoms with Gasteiger partial charge in [-0.1, -0.05) is 20.8 Å². The molecular weight excluding hydrogens is 184 g/mol. The summed E-state index contributed by atoms with van der Waals surface area (Å²) in [5.74, 6) is 3.91. The molecule has 3 saturated carbocycles. The lowest BCUT2D eigenvalue weighted by atomic mass is 9.64. The Balaban J connectivity index is 1.82. The highest BCUT2D eigenvalue weighted by Crippen LogP contribution is 2.62. The van der Waals surface area contributed by atoms with Crippen LogP contribution >= 0.6 is 0 Å². The summed E-state index contributed by atoms with van der Waals surface area (Å²) in [5, 5.41) is 0. The van der Waals surface area contributed by atoms with E-state index in [1.54, 1.807) is 0 Å². The van der Waals surface area contributed by atoms with E-state index in [-0.39, 0.29) is 0 Å². The van der Waals surface area contributed by atoms with Gasteiger partial charge in [-0.15, -0.1) is 0 Å². The summed E-state index contributed by atoms with van der Waals surface area (Å²) in [6, 6.07) is 0. The number of rotatable bonds is 2. The third-order valence-corrected chi connectivity index (χ3v) is 5.78. The van der Waals surface area contributed by atoms with Crippen LogP contribution in [0.3, 0.4) is 0 Å². The van der Waals surface area contributed by atoms with Gasteiger partial charge >= 0.3 is 0 Å². The van der Waals surface area contributed by atoms with Crippen molar-refractivity contribution in [3.63, 3.8) is 0 Å². The second-order valence-electron chi connectivity index (χ2n) is 6.73. The van der Waals surface area contributed by atoms with Gasteiger partial charge in [0, 0.05) is 11.8 Å². The normalized spacial score (nSPS) is 47.1. The van der Waals surface area contributed by atoms with Crippen LogP contribution in [0.4, 0.5) is 0 Å². The predicted molar refractivity (Wildman–Crippen MR) is 60.4 cm³/mol. The smallest absolute Gasteiger partial charge is 0.139 e. The van der Waals surface area contributed by atoms with Crippen LogP contribution in [0.5, 0.6) is 0 Å². The molecule has 3 fully saturated rings. The molecule has 0 aliphatic heterocycles. The van der Waals surface area contributed by atoms with Crippen molar-refractivity contribution in [2.45, 2.75) is 46.5 Å². The van der Waals surface area contributed by atoms with Gasteiger partial charge in [0.15, 0.2) is 0 Å². The number of carbonyl (C=O) groups excluding carboxylic acids is 1. The van der Waals surface area contributed by atoms with Crippen LogP contribution in [0.1, 0.15) is 46.5 Å². The molecular formula is C14H22O. The number of fused-ring (bicyclic) bond motifs is 2. The van der Waals surface area contributed by atoms with Crippen molar-refractivity contribution in [3.05, 3.63) is 0 Å². The average molecular weight is 206 g/mol. The van der Waals surface area contributed by atoms with E-state index < -0.39 is 0 Å². The van der Waals surface area contributed by atoms with Gasteiger partial charge in [-0.3, -0.25) is 4.79 Å². The summed E-state index contributed by atoms with van der Waals surface area (Å²) in [4.78, 5) is 12.2. The Hall–Kier alpha value is -0.330. The van der Waals surface area contributed by atoms with E-state index in [4.69, 9.17) is 0 Å². The van der Waals surface area contributed by atoms with Crippen LogP contribution in [0.25, 0.3) is 0 Å². The number of ketones is 1. The second-order valence-corrected chi connectivity index (χ2v) is 6.73. The van der Waals surface area contributed by atoms with Gasteiger partial charge in [0.2, 0.25) is 0 Å². The summed E-state index contributed by atoms with van der Waals surface area (Å²) in [6.07, 6.45) is 4.91. The maximum Gasteiger partial charge on any atom is 0.139 e. The molecule has 0 spiro atoms. The number of carbonyl (C=O) groups is 1. The molecule has 0 heterocycles. The van der Waals surface area contributed by atoms with Gasteiger partial charge in [0.05, 0.1) is 0 Å². The standard InChI is InChI=1S/C14H22O/c1-8-10-6-11(13(15)9-4-5-9)12(7-10)14(8,2)3/h8-12H,4-7H2,1-3H3. The summed E-state index contributed by atoms with van der Waals surface area (Å²) < 4.78 is 0. The largest absolute Gasteiger partial charge is 0.299 e. The monoisotopic (exact) mass is 206 g/mol. The zero-order valence-electron chi connectivity index (χ0n) is 10.1. The topological polar surface area (TPSA) is 17.1 Å². The minimum absolute atomic E-state index is 0.415. The maximum absolute atomic E-state index is 12.2. The molecule has 0 radical (unpaired) electrons. The molecule has 3 rings (SSSR count). The highest BCUT2D eigenvalue weighted by Gasteiger charge is 2.58. The molecule has 0 saturated heterocycles.